The van der Waals surface area contributed by atoms with E-state index in [2.05, 4.69) is 11.9 Å². The zero-order valence-electron chi connectivity index (χ0n) is 7.90. The smallest absolute Gasteiger partial charge is 0.388 e. The Morgan fingerprint density at radius 2 is 2.31 bits per heavy atom. The highest BCUT2D eigenvalue weighted by Crippen LogP contribution is 2.20. The summed E-state index contributed by atoms with van der Waals surface area (Å²) >= 11 is 0. The van der Waals surface area contributed by atoms with Crippen LogP contribution in [0, 0.1) is 5.39 Å². The molecular formula is C10H13N2O+. The van der Waals surface area contributed by atoms with Crippen LogP contribution in [0.1, 0.15) is 20.3 Å². The van der Waals surface area contributed by atoms with E-state index in [0.717, 1.165) is 12.2 Å². The van der Waals surface area contributed by atoms with E-state index in [9.17, 15) is 0 Å². The van der Waals surface area contributed by atoms with Crippen molar-refractivity contribution in [3.8, 4) is 5.75 Å². The van der Waals surface area contributed by atoms with Crippen molar-refractivity contribution in [3.05, 3.63) is 29.2 Å². The van der Waals surface area contributed by atoms with Gasteiger partial charge in [-0.05, 0) is 19.4 Å². The molecule has 0 bridgehead atoms. The lowest BCUT2D eigenvalue weighted by molar-refractivity contribution is 0.217. The highest BCUT2D eigenvalue weighted by Gasteiger charge is 2.07. The molecule has 0 heterocycles. The number of benzene rings is 1. The Balaban J connectivity index is 2.73. The third-order valence-corrected chi connectivity index (χ3v) is 1.85. The summed E-state index contributed by atoms with van der Waals surface area (Å²) in [5, 5.41) is 8.52. The van der Waals surface area contributed by atoms with Gasteiger partial charge in [-0.25, -0.2) is 0 Å². The molecule has 0 aromatic heterocycles. The Kier molecular flexibility index (Phi) is 3.27. The van der Waals surface area contributed by atoms with E-state index in [1.807, 2.05) is 13.0 Å². The van der Waals surface area contributed by atoms with Crippen molar-refractivity contribution in [2.24, 2.45) is 0 Å². The summed E-state index contributed by atoms with van der Waals surface area (Å²) in [6.07, 6.45) is 1.15. The Hall–Kier alpha value is -1.56. The molecule has 0 spiro atoms. The molecule has 1 rings (SSSR count). The maximum Gasteiger partial charge on any atom is 0.388 e. The lowest BCUT2D eigenvalue weighted by atomic mass is 10.3. The van der Waals surface area contributed by atoms with Gasteiger partial charge in [0.15, 0.2) is 4.98 Å². The summed E-state index contributed by atoms with van der Waals surface area (Å²) in [4.78, 5) is 3.08. The summed E-state index contributed by atoms with van der Waals surface area (Å²) < 4.78 is 5.53. The molecule has 0 radical (unpaired) electrons. The van der Waals surface area contributed by atoms with Crippen LogP contribution in [0.25, 0.3) is 4.98 Å². The first-order valence-electron chi connectivity index (χ1n) is 4.38. The first kappa shape index (κ1) is 9.53. The molecular weight excluding hydrogens is 164 g/mol. The van der Waals surface area contributed by atoms with Gasteiger partial charge in [0, 0.05) is 6.07 Å². The first-order chi connectivity index (χ1) is 6.26. The van der Waals surface area contributed by atoms with Crippen LogP contribution in [-0.4, -0.2) is 6.10 Å². The zero-order valence-corrected chi connectivity index (χ0v) is 7.90. The van der Waals surface area contributed by atoms with E-state index >= 15 is 0 Å². The minimum Gasteiger partial charge on any atom is -0.490 e. The molecule has 1 aromatic carbocycles. The topological polar surface area (TPSA) is 37.4 Å². The number of rotatable bonds is 3. The summed E-state index contributed by atoms with van der Waals surface area (Å²) in [7, 11) is 0. The fourth-order valence-electron chi connectivity index (χ4n) is 0.935. The van der Waals surface area contributed by atoms with Crippen molar-refractivity contribution in [1.29, 1.82) is 5.39 Å². The minimum atomic E-state index is 0.189. The second-order valence-electron chi connectivity index (χ2n) is 2.93. The van der Waals surface area contributed by atoms with Crippen molar-refractivity contribution in [2.45, 2.75) is 26.4 Å². The molecule has 0 saturated heterocycles. The predicted molar refractivity (Wildman–Crippen MR) is 51.6 cm³/mol. The van der Waals surface area contributed by atoms with Crippen molar-refractivity contribution in [3.63, 3.8) is 0 Å². The maximum atomic E-state index is 8.52. The Morgan fingerprint density at radius 1 is 1.54 bits per heavy atom. The first-order valence-corrected chi connectivity index (χ1v) is 4.38. The molecule has 1 unspecified atom stereocenters. The van der Waals surface area contributed by atoms with Gasteiger partial charge < -0.3 is 4.74 Å². The lowest BCUT2D eigenvalue weighted by Crippen LogP contribution is -2.09. The molecule has 0 fully saturated rings. The Morgan fingerprint density at radius 3 is 2.92 bits per heavy atom. The minimum absolute atomic E-state index is 0.189. The highest BCUT2D eigenvalue weighted by molar-refractivity contribution is 5.48. The Bertz CT molecular complexity index is 317. The quantitative estimate of drug-likeness (QED) is 0.664. The molecule has 1 aromatic rings. The molecule has 0 aliphatic carbocycles. The molecule has 0 saturated carbocycles. The van der Waals surface area contributed by atoms with E-state index < -0.39 is 0 Å². The van der Waals surface area contributed by atoms with E-state index in [0.29, 0.717) is 5.69 Å². The van der Waals surface area contributed by atoms with Crippen LogP contribution in [0.2, 0.25) is 0 Å². The fourth-order valence-corrected chi connectivity index (χ4v) is 0.935. The summed E-state index contributed by atoms with van der Waals surface area (Å²) in [6, 6.07) is 7.06. The lowest BCUT2D eigenvalue weighted by Gasteiger charge is -2.10. The monoisotopic (exact) mass is 177 g/mol. The average molecular weight is 177 g/mol. The van der Waals surface area contributed by atoms with Crippen LogP contribution in [0.4, 0.5) is 5.69 Å². The van der Waals surface area contributed by atoms with Crippen molar-refractivity contribution < 1.29 is 4.74 Å². The summed E-state index contributed by atoms with van der Waals surface area (Å²) in [5.74, 6) is 0.740. The molecule has 13 heavy (non-hydrogen) atoms. The van der Waals surface area contributed by atoms with Gasteiger partial charge in [0.25, 0.3) is 0 Å². The third-order valence-electron chi connectivity index (χ3n) is 1.85. The molecule has 0 aliphatic rings. The van der Waals surface area contributed by atoms with E-state index in [-0.39, 0.29) is 6.10 Å². The summed E-state index contributed by atoms with van der Waals surface area (Å²) in [6.45, 7) is 4.06. The van der Waals surface area contributed by atoms with Crippen molar-refractivity contribution in [1.82, 2.24) is 0 Å². The third kappa shape index (κ3) is 2.75. The van der Waals surface area contributed by atoms with Crippen molar-refractivity contribution >= 4 is 5.69 Å². The van der Waals surface area contributed by atoms with E-state index in [1.54, 1.807) is 18.2 Å². The molecule has 3 nitrogen and oxygen atoms in total. The van der Waals surface area contributed by atoms with Gasteiger partial charge in [-0.3, -0.25) is 0 Å². The largest absolute Gasteiger partial charge is 0.490 e. The van der Waals surface area contributed by atoms with Crippen LogP contribution in [-0.2, 0) is 0 Å². The van der Waals surface area contributed by atoms with Crippen LogP contribution < -0.4 is 4.74 Å². The predicted octanol–water partition coefficient (Wildman–Crippen LogP) is 3.35. The Labute approximate surface area is 78.0 Å². The van der Waals surface area contributed by atoms with Gasteiger partial charge >= 0.3 is 5.69 Å². The van der Waals surface area contributed by atoms with Gasteiger partial charge in [0.2, 0.25) is 5.39 Å². The standard InChI is InChI=1S/C10H13N2O/c1-3-8(2)13-10-6-4-5-9(7-10)12-11/h4-8H,3H2,1-2H3/q+1. The number of nitrogens with zero attached hydrogens (tertiary/aromatic N) is 2. The molecule has 68 valence electrons. The second-order valence-corrected chi connectivity index (χ2v) is 2.93. The normalized spacial score (nSPS) is 11.8. The van der Waals surface area contributed by atoms with E-state index in [4.69, 9.17) is 10.1 Å². The number of hydrogen-bond donors (Lipinski definition) is 0. The van der Waals surface area contributed by atoms with Gasteiger partial charge in [0.1, 0.15) is 5.75 Å². The van der Waals surface area contributed by atoms with Gasteiger partial charge in [-0.2, -0.15) is 0 Å². The van der Waals surface area contributed by atoms with Crippen molar-refractivity contribution in [2.75, 3.05) is 0 Å². The van der Waals surface area contributed by atoms with Crippen LogP contribution >= 0.6 is 0 Å². The van der Waals surface area contributed by atoms with Crippen LogP contribution in [0.5, 0.6) is 5.75 Å². The SMILES string of the molecule is CCC(C)Oc1cccc([N+]#N)c1. The average Bonchev–Trinajstić information content (AvgIpc) is 2.18. The molecule has 0 aliphatic heterocycles. The van der Waals surface area contributed by atoms with Crippen LogP contribution in [0.15, 0.2) is 24.3 Å². The molecule has 1 atom stereocenters. The second kappa shape index (κ2) is 4.46. The number of ether oxygens (including phenoxy) is 1. The number of diazo groups is 1. The highest BCUT2D eigenvalue weighted by atomic mass is 16.5. The number of hydrogen-bond acceptors (Lipinski definition) is 2. The summed E-state index contributed by atoms with van der Waals surface area (Å²) in [5.41, 5.74) is 0.515. The van der Waals surface area contributed by atoms with Crippen LogP contribution in [0.3, 0.4) is 0 Å². The zero-order chi connectivity index (χ0) is 9.68. The molecule has 3 heteroatoms. The van der Waals surface area contributed by atoms with E-state index in [1.165, 1.54) is 0 Å². The maximum absolute atomic E-state index is 8.52. The molecule has 0 amide bonds. The van der Waals surface area contributed by atoms with Gasteiger partial charge in [-0.15, -0.1) is 0 Å². The van der Waals surface area contributed by atoms with Gasteiger partial charge in [0.05, 0.1) is 12.2 Å². The molecule has 0 N–H and O–H groups in total. The van der Waals surface area contributed by atoms with Gasteiger partial charge in [-0.1, -0.05) is 13.0 Å². The fraction of sp³-hybridized carbons (Fsp3) is 0.400.